The molecule has 1 aromatic rings. The maximum absolute atomic E-state index is 12.2. The van der Waals surface area contributed by atoms with Crippen LogP contribution in [-0.2, 0) is 6.42 Å². The average Bonchev–Trinajstić information content (AvgIpc) is 1.99. The van der Waals surface area contributed by atoms with Crippen molar-refractivity contribution in [2.75, 3.05) is 7.11 Å². The Morgan fingerprint density at radius 3 is 1.93 bits per heavy atom. The van der Waals surface area contributed by atoms with E-state index in [0.717, 1.165) is 11.1 Å². The number of rotatable bonds is 2. The van der Waals surface area contributed by atoms with Crippen molar-refractivity contribution in [2.24, 2.45) is 0 Å². The van der Waals surface area contributed by atoms with E-state index < -0.39 is 12.6 Å². The van der Waals surface area contributed by atoms with Gasteiger partial charge in [0.05, 0.1) is 13.5 Å². The van der Waals surface area contributed by atoms with Gasteiger partial charge in [-0.2, -0.15) is 13.2 Å². The van der Waals surface area contributed by atoms with E-state index in [-0.39, 0.29) is 5.56 Å². The molecule has 0 N–H and O–H groups in total. The van der Waals surface area contributed by atoms with Gasteiger partial charge in [-0.15, -0.1) is 0 Å². The Morgan fingerprint density at radius 1 is 1.13 bits per heavy atom. The number of hydrogen-bond donors (Lipinski definition) is 0. The van der Waals surface area contributed by atoms with Crippen LogP contribution in [0.25, 0.3) is 0 Å². The fourth-order valence-corrected chi connectivity index (χ4v) is 1.70. The van der Waals surface area contributed by atoms with Crippen LogP contribution in [0.5, 0.6) is 5.75 Å². The van der Waals surface area contributed by atoms with Crippen LogP contribution in [0.4, 0.5) is 13.2 Å². The summed E-state index contributed by atoms with van der Waals surface area (Å²) >= 11 is 0. The molecule has 0 fully saturated rings. The van der Waals surface area contributed by atoms with Gasteiger partial charge in [-0.05, 0) is 30.5 Å². The summed E-state index contributed by atoms with van der Waals surface area (Å²) in [7, 11) is 1.51. The normalized spacial score (nSPS) is 11.6. The maximum atomic E-state index is 12.2. The van der Waals surface area contributed by atoms with Gasteiger partial charge in [-0.1, -0.05) is 12.1 Å². The molecule has 1 rings (SSSR count). The zero-order valence-electron chi connectivity index (χ0n) is 8.90. The number of ether oxygens (including phenoxy) is 1. The predicted octanol–water partition coefficient (Wildman–Crippen LogP) is 3.42. The van der Waals surface area contributed by atoms with Gasteiger partial charge >= 0.3 is 6.18 Å². The minimum atomic E-state index is -4.16. The smallest absolute Gasteiger partial charge is 0.393 e. The van der Waals surface area contributed by atoms with E-state index in [9.17, 15) is 13.2 Å². The van der Waals surface area contributed by atoms with Crippen LogP contribution < -0.4 is 4.74 Å². The number of halogens is 3. The van der Waals surface area contributed by atoms with Gasteiger partial charge in [-0.3, -0.25) is 0 Å². The summed E-state index contributed by atoms with van der Waals surface area (Å²) in [6.45, 7) is 3.48. The van der Waals surface area contributed by atoms with Gasteiger partial charge < -0.3 is 4.74 Å². The Balaban J connectivity index is 3.04. The minimum Gasteiger partial charge on any atom is -0.496 e. The number of benzene rings is 1. The summed E-state index contributed by atoms with van der Waals surface area (Å²) in [6.07, 6.45) is -5.05. The van der Waals surface area contributed by atoms with Crippen LogP contribution in [0.1, 0.15) is 16.7 Å². The van der Waals surface area contributed by atoms with Crippen molar-refractivity contribution in [1.82, 2.24) is 0 Å². The van der Waals surface area contributed by atoms with Crippen LogP contribution in [-0.4, -0.2) is 13.3 Å². The van der Waals surface area contributed by atoms with Crippen molar-refractivity contribution in [3.63, 3.8) is 0 Å². The Hall–Kier alpha value is -1.19. The second-order valence-electron chi connectivity index (χ2n) is 3.55. The molecule has 0 amide bonds. The molecule has 0 heterocycles. The first-order valence-corrected chi connectivity index (χ1v) is 4.54. The number of alkyl halides is 3. The predicted molar refractivity (Wildman–Crippen MR) is 52.2 cm³/mol. The van der Waals surface area contributed by atoms with Crippen molar-refractivity contribution in [3.05, 3.63) is 28.8 Å². The molecule has 0 saturated carbocycles. The Morgan fingerprint density at radius 2 is 1.60 bits per heavy atom. The SMILES string of the molecule is COc1c(C)cc(CC(F)(F)F)cc1C. The topological polar surface area (TPSA) is 9.23 Å². The Labute approximate surface area is 86.9 Å². The molecule has 0 saturated heterocycles. The van der Waals surface area contributed by atoms with Crippen molar-refractivity contribution >= 4 is 0 Å². The van der Waals surface area contributed by atoms with Crippen LogP contribution in [0.2, 0.25) is 0 Å². The lowest BCUT2D eigenvalue weighted by Gasteiger charge is -2.12. The highest BCUT2D eigenvalue weighted by Gasteiger charge is 2.28. The third kappa shape index (κ3) is 3.15. The molecule has 0 aliphatic rings. The molecule has 1 nitrogen and oxygen atoms in total. The molecular weight excluding hydrogens is 205 g/mol. The fourth-order valence-electron chi connectivity index (χ4n) is 1.70. The molecule has 0 aliphatic heterocycles. The lowest BCUT2D eigenvalue weighted by molar-refractivity contribution is -0.127. The fraction of sp³-hybridized carbons (Fsp3) is 0.455. The van der Waals surface area contributed by atoms with Gasteiger partial charge in [0, 0.05) is 0 Å². The maximum Gasteiger partial charge on any atom is 0.393 e. The standard InChI is InChI=1S/C11H13F3O/c1-7-4-9(6-11(12,13)14)5-8(2)10(7)15-3/h4-5H,6H2,1-3H3. The van der Waals surface area contributed by atoms with Gasteiger partial charge in [0.1, 0.15) is 5.75 Å². The second kappa shape index (κ2) is 4.13. The molecule has 0 aromatic heterocycles. The summed E-state index contributed by atoms with van der Waals surface area (Å²) in [5.41, 5.74) is 1.74. The number of aryl methyl sites for hydroxylation is 2. The molecule has 0 radical (unpaired) electrons. The number of hydrogen-bond acceptors (Lipinski definition) is 1. The quantitative estimate of drug-likeness (QED) is 0.739. The molecular formula is C11H13F3O. The first kappa shape index (κ1) is 11.9. The summed E-state index contributed by atoms with van der Waals surface area (Å²) in [5.74, 6) is 0.654. The van der Waals surface area contributed by atoms with E-state index in [2.05, 4.69) is 0 Å². The lowest BCUT2D eigenvalue weighted by Crippen LogP contribution is -2.12. The Bertz CT molecular complexity index is 332. The van der Waals surface area contributed by atoms with Gasteiger partial charge in [0.2, 0.25) is 0 Å². The molecule has 0 unspecified atom stereocenters. The first-order chi connectivity index (χ1) is 6.83. The van der Waals surface area contributed by atoms with Crippen LogP contribution >= 0.6 is 0 Å². The largest absolute Gasteiger partial charge is 0.496 e. The van der Waals surface area contributed by atoms with E-state index in [0.29, 0.717) is 5.75 Å². The summed E-state index contributed by atoms with van der Waals surface area (Å²) in [6, 6.07) is 3.03. The highest BCUT2D eigenvalue weighted by atomic mass is 19.4. The van der Waals surface area contributed by atoms with Crippen LogP contribution in [0, 0.1) is 13.8 Å². The molecule has 84 valence electrons. The zero-order valence-corrected chi connectivity index (χ0v) is 8.90. The minimum absolute atomic E-state index is 0.276. The number of methoxy groups -OCH3 is 1. The zero-order chi connectivity index (χ0) is 11.6. The van der Waals surface area contributed by atoms with Crippen molar-refractivity contribution in [3.8, 4) is 5.75 Å². The van der Waals surface area contributed by atoms with E-state index in [1.165, 1.54) is 19.2 Å². The monoisotopic (exact) mass is 218 g/mol. The molecule has 0 spiro atoms. The van der Waals surface area contributed by atoms with E-state index in [1.54, 1.807) is 13.8 Å². The summed E-state index contributed by atoms with van der Waals surface area (Å²) in [4.78, 5) is 0. The lowest BCUT2D eigenvalue weighted by atomic mass is 10.0. The molecule has 4 heteroatoms. The molecule has 0 atom stereocenters. The van der Waals surface area contributed by atoms with E-state index in [1.807, 2.05) is 0 Å². The summed E-state index contributed by atoms with van der Waals surface area (Å²) < 4.78 is 41.5. The molecule has 15 heavy (non-hydrogen) atoms. The average molecular weight is 218 g/mol. The van der Waals surface area contributed by atoms with Gasteiger partial charge in [0.15, 0.2) is 0 Å². The third-order valence-corrected chi connectivity index (χ3v) is 2.13. The van der Waals surface area contributed by atoms with E-state index >= 15 is 0 Å². The molecule has 0 aliphatic carbocycles. The highest BCUT2D eigenvalue weighted by molar-refractivity contribution is 5.43. The van der Waals surface area contributed by atoms with Crippen molar-refractivity contribution in [2.45, 2.75) is 26.4 Å². The summed E-state index contributed by atoms with van der Waals surface area (Å²) in [5, 5.41) is 0. The van der Waals surface area contributed by atoms with Gasteiger partial charge in [-0.25, -0.2) is 0 Å². The van der Waals surface area contributed by atoms with Crippen molar-refractivity contribution < 1.29 is 17.9 Å². The van der Waals surface area contributed by atoms with Crippen LogP contribution in [0.15, 0.2) is 12.1 Å². The Kier molecular flexibility index (Phi) is 3.27. The van der Waals surface area contributed by atoms with Crippen LogP contribution in [0.3, 0.4) is 0 Å². The molecule has 1 aromatic carbocycles. The first-order valence-electron chi connectivity index (χ1n) is 4.54. The third-order valence-electron chi connectivity index (χ3n) is 2.13. The van der Waals surface area contributed by atoms with E-state index in [4.69, 9.17) is 4.74 Å². The van der Waals surface area contributed by atoms with Gasteiger partial charge in [0.25, 0.3) is 0 Å². The second-order valence-corrected chi connectivity index (χ2v) is 3.55. The van der Waals surface area contributed by atoms with Crippen molar-refractivity contribution in [1.29, 1.82) is 0 Å². The highest BCUT2D eigenvalue weighted by Crippen LogP contribution is 2.28. The molecule has 0 bridgehead atoms.